The normalized spacial score (nSPS) is 11.3. The molecule has 5 heteroatoms. The number of nitrogens with zero attached hydrogens (tertiary/aromatic N) is 3. The molecule has 110 valence electrons. The quantitative estimate of drug-likeness (QED) is 0.678. The van der Waals surface area contributed by atoms with Crippen molar-refractivity contribution in [3.8, 4) is 11.3 Å². The van der Waals surface area contributed by atoms with Crippen LogP contribution in [-0.4, -0.2) is 27.7 Å². The molecule has 3 aromatic heterocycles. The smallest absolute Gasteiger partial charge is 0.194 e. The van der Waals surface area contributed by atoms with E-state index < -0.39 is 0 Å². The second-order valence-corrected chi connectivity index (χ2v) is 5.06. The fourth-order valence-corrected chi connectivity index (χ4v) is 2.34. The molecule has 0 aromatic carbocycles. The highest BCUT2D eigenvalue weighted by molar-refractivity contribution is 5.76. The number of nitrogens with one attached hydrogen (secondary N) is 1. The van der Waals surface area contributed by atoms with Crippen LogP contribution in [0.4, 0.5) is 0 Å². The number of rotatable bonds is 7. The standard InChI is InChI=1S/C16H20N4O/c1-2-8-17-9-5-7-16-18-12-15(21-16)13-11-19-20-10-4-3-6-14(13)20/h3-4,6,10-12,17H,2,5,7-9H2,1H3. The molecule has 0 unspecified atom stereocenters. The molecule has 1 N–H and O–H groups in total. The minimum absolute atomic E-state index is 0.785. The van der Waals surface area contributed by atoms with Crippen molar-refractivity contribution in [1.29, 1.82) is 0 Å². The molecule has 0 aliphatic carbocycles. The maximum absolute atomic E-state index is 5.85. The second-order valence-electron chi connectivity index (χ2n) is 5.06. The first-order valence-corrected chi connectivity index (χ1v) is 7.46. The van der Waals surface area contributed by atoms with Crippen LogP contribution < -0.4 is 5.32 Å². The van der Waals surface area contributed by atoms with Gasteiger partial charge in [-0.25, -0.2) is 9.50 Å². The maximum atomic E-state index is 5.85. The van der Waals surface area contributed by atoms with Crippen LogP contribution in [0.25, 0.3) is 16.8 Å². The molecule has 5 nitrogen and oxygen atoms in total. The van der Waals surface area contributed by atoms with Gasteiger partial charge in [-0.1, -0.05) is 13.0 Å². The van der Waals surface area contributed by atoms with Crippen molar-refractivity contribution < 1.29 is 4.42 Å². The highest BCUT2D eigenvalue weighted by Gasteiger charge is 2.11. The summed E-state index contributed by atoms with van der Waals surface area (Å²) < 4.78 is 7.69. The molecule has 0 bridgehead atoms. The SMILES string of the molecule is CCCNCCCc1ncc(-c2cnn3ccccc23)o1. The third-order valence-corrected chi connectivity index (χ3v) is 3.42. The van der Waals surface area contributed by atoms with Crippen LogP contribution in [0.5, 0.6) is 0 Å². The fraction of sp³-hybridized carbons (Fsp3) is 0.375. The van der Waals surface area contributed by atoms with Gasteiger partial charge in [0.25, 0.3) is 0 Å². The van der Waals surface area contributed by atoms with Crippen molar-refractivity contribution in [2.24, 2.45) is 0 Å². The monoisotopic (exact) mass is 284 g/mol. The van der Waals surface area contributed by atoms with Crippen molar-refractivity contribution >= 4 is 5.52 Å². The van der Waals surface area contributed by atoms with Gasteiger partial charge in [-0.3, -0.25) is 0 Å². The van der Waals surface area contributed by atoms with Crippen molar-refractivity contribution in [1.82, 2.24) is 19.9 Å². The van der Waals surface area contributed by atoms with Gasteiger partial charge in [0.1, 0.15) is 0 Å². The average Bonchev–Trinajstić information content (AvgIpc) is 3.13. The van der Waals surface area contributed by atoms with E-state index in [1.54, 1.807) is 6.20 Å². The van der Waals surface area contributed by atoms with Gasteiger partial charge in [0, 0.05) is 12.6 Å². The van der Waals surface area contributed by atoms with E-state index in [1.165, 1.54) is 0 Å². The summed E-state index contributed by atoms with van der Waals surface area (Å²) >= 11 is 0. The van der Waals surface area contributed by atoms with E-state index in [4.69, 9.17) is 4.42 Å². The molecule has 0 saturated heterocycles. The number of pyridine rings is 1. The Hall–Kier alpha value is -2.14. The maximum Gasteiger partial charge on any atom is 0.194 e. The lowest BCUT2D eigenvalue weighted by molar-refractivity contribution is 0.492. The van der Waals surface area contributed by atoms with Crippen molar-refractivity contribution in [2.75, 3.05) is 13.1 Å². The van der Waals surface area contributed by atoms with Crippen LogP contribution in [0.15, 0.2) is 41.2 Å². The van der Waals surface area contributed by atoms with Gasteiger partial charge >= 0.3 is 0 Å². The lowest BCUT2D eigenvalue weighted by atomic mass is 10.2. The molecule has 0 atom stereocenters. The van der Waals surface area contributed by atoms with E-state index in [2.05, 4.69) is 22.3 Å². The molecule has 0 aliphatic heterocycles. The minimum Gasteiger partial charge on any atom is -0.441 e. The summed E-state index contributed by atoms with van der Waals surface area (Å²) in [5.41, 5.74) is 2.02. The Labute approximate surface area is 124 Å². The number of hydrogen-bond donors (Lipinski definition) is 1. The molecule has 3 aromatic rings. The molecule has 0 amide bonds. The summed E-state index contributed by atoms with van der Waals surface area (Å²) in [4.78, 5) is 4.37. The number of aryl methyl sites for hydroxylation is 1. The zero-order chi connectivity index (χ0) is 14.5. The first kappa shape index (κ1) is 13.8. The fourth-order valence-electron chi connectivity index (χ4n) is 2.34. The Kier molecular flexibility index (Phi) is 4.31. The Bertz CT molecular complexity index is 701. The van der Waals surface area contributed by atoms with Crippen molar-refractivity contribution in [3.05, 3.63) is 42.7 Å². The zero-order valence-corrected chi connectivity index (χ0v) is 12.2. The molecular formula is C16H20N4O. The van der Waals surface area contributed by atoms with E-state index in [-0.39, 0.29) is 0 Å². The lowest BCUT2D eigenvalue weighted by Gasteiger charge is -2.00. The predicted molar refractivity (Wildman–Crippen MR) is 82.2 cm³/mol. The largest absolute Gasteiger partial charge is 0.441 e. The van der Waals surface area contributed by atoms with Crippen LogP contribution in [0.1, 0.15) is 25.7 Å². The molecule has 0 spiro atoms. The van der Waals surface area contributed by atoms with Gasteiger partial charge in [-0.05, 0) is 38.1 Å². The van der Waals surface area contributed by atoms with E-state index in [1.807, 2.05) is 35.1 Å². The molecule has 0 fully saturated rings. The molecule has 0 aliphatic rings. The van der Waals surface area contributed by atoms with Crippen LogP contribution in [0.3, 0.4) is 0 Å². The van der Waals surface area contributed by atoms with Crippen molar-refractivity contribution in [3.63, 3.8) is 0 Å². The lowest BCUT2D eigenvalue weighted by Crippen LogP contribution is -2.16. The third kappa shape index (κ3) is 3.13. The average molecular weight is 284 g/mol. The summed E-state index contributed by atoms with van der Waals surface area (Å²) in [7, 11) is 0. The van der Waals surface area contributed by atoms with Crippen LogP contribution in [0.2, 0.25) is 0 Å². The first-order valence-electron chi connectivity index (χ1n) is 7.46. The Morgan fingerprint density at radius 3 is 3.10 bits per heavy atom. The van der Waals surface area contributed by atoms with Crippen LogP contribution in [-0.2, 0) is 6.42 Å². The molecule has 3 rings (SSSR count). The highest BCUT2D eigenvalue weighted by Crippen LogP contribution is 2.25. The Morgan fingerprint density at radius 2 is 2.19 bits per heavy atom. The summed E-state index contributed by atoms with van der Waals surface area (Å²) in [6, 6.07) is 5.98. The topological polar surface area (TPSA) is 55.4 Å². The van der Waals surface area contributed by atoms with Crippen LogP contribution in [0, 0.1) is 0 Å². The molecular weight excluding hydrogens is 264 g/mol. The zero-order valence-electron chi connectivity index (χ0n) is 12.2. The van der Waals surface area contributed by atoms with Crippen LogP contribution >= 0.6 is 0 Å². The second kappa shape index (κ2) is 6.54. The van der Waals surface area contributed by atoms with Crippen molar-refractivity contribution in [2.45, 2.75) is 26.2 Å². The Balaban J connectivity index is 1.67. The number of fused-ring (bicyclic) bond motifs is 1. The first-order chi connectivity index (χ1) is 10.4. The minimum atomic E-state index is 0.785. The van der Waals surface area contributed by atoms with Gasteiger partial charge in [-0.2, -0.15) is 5.10 Å². The van der Waals surface area contributed by atoms with Gasteiger partial charge < -0.3 is 9.73 Å². The van der Waals surface area contributed by atoms with E-state index in [0.29, 0.717) is 0 Å². The van der Waals surface area contributed by atoms with E-state index >= 15 is 0 Å². The van der Waals surface area contributed by atoms with Gasteiger partial charge in [-0.15, -0.1) is 0 Å². The highest BCUT2D eigenvalue weighted by atomic mass is 16.4. The summed E-state index contributed by atoms with van der Waals surface area (Å²) in [5, 5.41) is 7.70. The number of oxazole rings is 1. The number of aromatic nitrogens is 3. The molecule has 0 radical (unpaired) electrons. The molecule has 21 heavy (non-hydrogen) atoms. The van der Waals surface area contributed by atoms with Gasteiger partial charge in [0.05, 0.1) is 23.5 Å². The summed E-state index contributed by atoms with van der Waals surface area (Å²) in [5.74, 6) is 1.58. The third-order valence-electron chi connectivity index (χ3n) is 3.42. The summed E-state index contributed by atoms with van der Waals surface area (Å²) in [6.07, 6.45) is 8.60. The molecule has 3 heterocycles. The predicted octanol–water partition coefficient (Wildman–Crippen LogP) is 2.92. The summed E-state index contributed by atoms with van der Waals surface area (Å²) in [6.45, 7) is 4.24. The Morgan fingerprint density at radius 1 is 1.24 bits per heavy atom. The van der Waals surface area contributed by atoms with Gasteiger partial charge in [0.2, 0.25) is 0 Å². The van der Waals surface area contributed by atoms with Gasteiger partial charge in [0.15, 0.2) is 11.7 Å². The molecule has 0 saturated carbocycles. The van der Waals surface area contributed by atoms with E-state index in [9.17, 15) is 0 Å². The number of hydrogen-bond acceptors (Lipinski definition) is 4. The van der Waals surface area contributed by atoms with E-state index in [0.717, 1.165) is 55.1 Å².